The molecule has 0 saturated carbocycles. The molecule has 2 rings (SSSR count). The zero-order chi connectivity index (χ0) is 14.8. The Hall–Kier alpha value is -1.75. The second kappa shape index (κ2) is 5.71. The van der Waals surface area contributed by atoms with Gasteiger partial charge in [-0.2, -0.15) is 0 Å². The SMILES string of the molecule is CC(C)(C)c1cnc(SCc2ccc(C(N)=O)cc2)o1. The molecular formula is C15H18N2O2S. The van der Waals surface area contributed by atoms with Gasteiger partial charge in [-0.3, -0.25) is 4.79 Å². The lowest BCUT2D eigenvalue weighted by atomic mass is 9.94. The van der Waals surface area contributed by atoms with Crippen molar-refractivity contribution in [3.8, 4) is 0 Å². The van der Waals surface area contributed by atoms with Crippen molar-refractivity contribution < 1.29 is 9.21 Å². The molecular weight excluding hydrogens is 272 g/mol. The third kappa shape index (κ3) is 3.63. The molecule has 0 aliphatic carbocycles. The first-order valence-electron chi connectivity index (χ1n) is 6.34. The van der Waals surface area contributed by atoms with Crippen LogP contribution in [-0.2, 0) is 11.2 Å². The lowest BCUT2D eigenvalue weighted by molar-refractivity contribution is 0.100. The van der Waals surface area contributed by atoms with Gasteiger partial charge in [0.05, 0.1) is 6.20 Å². The molecule has 0 spiro atoms. The highest BCUT2D eigenvalue weighted by Crippen LogP contribution is 2.28. The molecule has 0 bridgehead atoms. The minimum absolute atomic E-state index is 0.0328. The molecule has 106 valence electrons. The van der Waals surface area contributed by atoms with E-state index >= 15 is 0 Å². The van der Waals surface area contributed by atoms with Crippen LogP contribution in [0.3, 0.4) is 0 Å². The molecule has 4 nitrogen and oxygen atoms in total. The summed E-state index contributed by atoms with van der Waals surface area (Å²) in [4.78, 5) is 15.2. The molecule has 2 aromatic rings. The van der Waals surface area contributed by atoms with Gasteiger partial charge in [-0.25, -0.2) is 4.98 Å². The van der Waals surface area contributed by atoms with Crippen LogP contribution in [0.15, 0.2) is 40.1 Å². The summed E-state index contributed by atoms with van der Waals surface area (Å²) in [6.07, 6.45) is 1.78. The molecule has 1 heterocycles. The van der Waals surface area contributed by atoms with E-state index in [4.69, 9.17) is 10.2 Å². The van der Waals surface area contributed by atoms with Crippen molar-refractivity contribution in [2.24, 2.45) is 5.73 Å². The summed E-state index contributed by atoms with van der Waals surface area (Å²) in [6, 6.07) is 7.24. The number of hydrogen-bond acceptors (Lipinski definition) is 4. The Morgan fingerprint density at radius 2 is 1.95 bits per heavy atom. The first kappa shape index (κ1) is 14.7. The van der Waals surface area contributed by atoms with Crippen LogP contribution in [0.5, 0.6) is 0 Å². The number of benzene rings is 1. The topological polar surface area (TPSA) is 69.1 Å². The maximum atomic E-state index is 11.0. The number of rotatable bonds is 4. The van der Waals surface area contributed by atoms with Crippen LogP contribution in [0.1, 0.15) is 42.5 Å². The highest BCUT2D eigenvalue weighted by Gasteiger charge is 2.19. The van der Waals surface area contributed by atoms with Gasteiger partial charge in [-0.15, -0.1) is 0 Å². The fraction of sp³-hybridized carbons (Fsp3) is 0.333. The highest BCUT2D eigenvalue weighted by molar-refractivity contribution is 7.98. The van der Waals surface area contributed by atoms with Crippen LogP contribution in [0.2, 0.25) is 0 Å². The van der Waals surface area contributed by atoms with E-state index < -0.39 is 5.91 Å². The van der Waals surface area contributed by atoms with Gasteiger partial charge in [0.15, 0.2) is 0 Å². The summed E-state index contributed by atoms with van der Waals surface area (Å²) < 4.78 is 5.71. The number of hydrogen-bond donors (Lipinski definition) is 1. The zero-order valence-corrected chi connectivity index (χ0v) is 12.7. The normalized spacial score (nSPS) is 11.6. The van der Waals surface area contributed by atoms with Crippen molar-refractivity contribution in [1.82, 2.24) is 4.98 Å². The summed E-state index contributed by atoms with van der Waals surface area (Å²) >= 11 is 1.53. The molecule has 5 heteroatoms. The molecule has 0 fully saturated rings. The molecule has 0 atom stereocenters. The van der Waals surface area contributed by atoms with Gasteiger partial charge in [0, 0.05) is 16.7 Å². The summed E-state index contributed by atoms with van der Waals surface area (Å²) in [6.45, 7) is 6.26. The Bertz CT molecular complexity index is 597. The Morgan fingerprint density at radius 3 is 2.45 bits per heavy atom. The second-order valence-corrected chi connectivity index (χ2v) is 6.52. The summed E-state index contributed by atoms with van der Waals surface area (Å²) in [7, 11) is 0. The van der Waals surface area contributed by atoms with Crippen molar-refractivity contribution in [3.05, 3.63) is 47.3 Å². The molecule has 0 radical (unpaired) electrons. The largest absolute Gasteiger partial charge is 0.436 e. The molecule has 0 aliphatic rings. The quantitative estimate of drug-likeness (QED) is 0.877. The summed E-state index contributed by atoms with van der Waals surface area (Å²) in [5.41, 5.74) is 6.78. The molecule has 1 aromatic heterocycles. The van der Waals surface area contributed by atoms with E-state index in [1.54, 1.807) is 18.3 Å². The number of primary amides is 1. The summed E-state index contributed by atoms with van der Waals surface area (Å²) in [5.74, 6) is 1.21. The Morgan fingerprint density at radius 1 is 1.30 bits per heavy atom. The van der Waals surface area contributed by atoms with Crippen molar-refractivity contribution in [3.63, 3.8) is 0 Å². The fourth-order valence-corrected chi connectivity index (χ4v) is 2.34. The minimum Gasteiger partial charge on any atom is -0.436 e. The van der Waals surface area contributed by atoms with E-state index in [1.807, 2.05) is 12.1 Å². The van der Waals surface area contributed by atoms with Gasteiger partial charge >= 0.3 is 0 Å². The van der Waals surface area contributed by atoms with Crippen LogP contribution < -0.4 is 5.73 Å². The second-order valence-electron chi connectivity index (χ2n) is 5.59. The number of thioether (sulfide) groups is 1. The Kier molecular flexibility index (Phi) is 4.18. The van der Waals surface area contributed by atoms with Gasteiger partial charge in [0.2, 0.25) is 5.91 Å². The first-order chi connectivity index (χ1) is 9.36. The third-order valence-corrected chi connectivity index (χ3v) is 3.74. The number of carbonyl (C=O) groups is 1. The highest BCUT2D eigenvalue weighted by atomic mass is 32.2. The zero-order valence-electron chi connectivity index (χ0n) is 11.8. The predicted molar refractivity (Wildman–Crippen MR) is 79.7 cm³/mol. The number of carbonyl (C=O) groups excluding carboxylic acids is 1. The van der Waals surface area contributed by atoms with Crippen molar-refractivity contribution >= 4 is 17.7 Å². The molecule has 1 aromatic carbocycles. The number of nitrogens with zero attached hydrogens (tertiary/aromatic N) is 1. The van der Waals surface area contributed by atoms with Crippen LogP contribution in [0.4, 0.5) is 0 Å². The number of aromatic nitrogens is 1. The Labute approximate surface area is 122 Å². The van der Waals surface area contributed by atoms with E-state index in [0.29, 0.717) is 10.8 Å². The Balaban J connectivity index is 1.98. The van der Waals surface area contributed by atoms with Crippen LogP contribution in [-0.4, -0.2) is 10.9 Å². The summed E-state index contributed by atoms with van der Waals surface area (Å²) in [5, 5.41) is 0.661. The average molecular weight is 290 g/mol. The van der Waals surface area contributed by atoms with Gasteiger partial charge < -0.3 is 10.2 Å². The average Bonchev–Trinajstić information content (AvgIpc) is 2.85. The van der Waals surface area contributed by atoms with Crippen molar-refractivity contribution in [2.45, 2.75) is 37.2 Å². The van der Waals surface area contributed by atoms with Gasteiger partial charge in [-0.1, -0.05) is 44.7 Å². The molecule has 0 unspecified atom stereocenters. The lowest BCUT2D eigenvalue weighted by Crippen LogP contribution is -2.10. The standard InChI is InChI=1S/C15H18N2O2S/c1-15(2,3)12-8-17-14(19-12)20-9-10-4-6-11(7-5-10)13(16)18/h4-8H,9H2,1-3H3,(H2,16,18). The molecule has 1 amide bonds. The smallest absolute Gasteiger partial charge is 0.256 e. The molecule has 0 saturated heterocycles. The van der Waals surface area contributed by atoms with E-state index in [1.165, 1.54) is 11.8 Å². The van der Waals surface area contributed by atoms with Gasteiger partial charge in [-0.05, 0) is 17.7 Å². The number of oxazole rings is 1. The van der Waals surface area contributed by atoms with Gasteiger partial charge in [0.25, 0.3) is 5.22 Å². The first-order valence-corrected chi connectivity index (χ1v) is 7.32. The van der Waals surface area contributed by atoms with Crippen LogP contribution >= 0.6 is 11.8 Å². The third-order valence-electron chi connectivity index (χ3n) is 2.82. The molecule has 2 N–H and O–H groups in total. The maximum absolute atomic E-state index is 11.0. The van der Waals surface area contributed by atoms with Gasteiger partial charge in [0.1, 0.15) is 5.76 Å². The number of amides is 1. The monoisotopic (exact) mass is 290 g/mol. The van der Waals surface area contributed by atoms with Crippen molar-refractivity contribution in [1.29, 1.82) is 0 Å². The number of nitrogens with two attached hydrogens (primary N) is 1. The van der Waals surface area contributed by atoms with E-state index in [2.05, 4.69) is 25.8 Å². The van der Waals surface area contributed by atoms with E-state index in [9.17, 15) is 4.79 Å². The maximum Gasteiger partial charge on any atom is 0.256 e. The van der Waals surface area contributed by atoms with Crippen LogP contribution in [0, 0.1) is 0 Å². The molecule has 20 heavy (non-hydrogen) atoms. The van der Waals surface area contributed by atoms with E-state index in [-0.39, 0.29) is 5.41 Å². The fourth-order valence-electron chi connectivity index (χ4n) is 1.58. The molecule has 0 aliphatic heterocycles. The predicted octanol–water partition coefficient (Wildman–Crippen LogP) is 3.36. The lowest BCUT2D eigenvalue weighted by Gasteiger charge is -2.12. The van der Waals surface area contributed by atoms with E-state index in [0.717, 1.165) is 17.1 Å². The van der Waals surface area contributed by atoms with Crippen LogP contribution in [0.25, 0.3) is 0 Å². The van der Waals surface area contributed by atoms with Crippen molar-refractivity contribution in [2.75, 3.05) is 0 Å². The minimum atomic E-state index is -0.410.